The molecule has 16 heavy (non-hydrogen) atoms. The van der Waals surface area contributed by atoms with Crippen LogP contribution in [0, 0.1) is 5.92 Å². The highest BCUT2D eigenvalue weighted by molar-refractivity contribution is 6.30. The maximum absolute atomic E-state index is 5.92. The van der Waals surface area contributed by atoms with Gasteiger partial charge in [-0.3, -0.25) is 0 Å². The highest BCUT2D eigenvalue weighted by Gasteiger charge is 2.20. The predicted molar refractivity (Wildman–Crippen MR) is 70.3 cm³/mol. The maximum atomic E-state index is 5.92. The number of anilines is 1. The lowest BCUT2D eigenvalue weighted by atomic mass is 10.1. The number of nitrogens with zero attached hydrogens (tertiary/aromatic N) is 1. The highest BCUT2D eigenvalue weighted by atomic mass is 35.5. The summed E-state index contributed by atoms with van der Waals surface area (Å²) in [5.74, 6) is 0.681. The van der Waals surface area contributed by atoms with Crippen LogP contribution in [-0.2, 0) is 0 Å². The van der Waals surface area contributed by atoms with Crippen LogP contribution in [0.4, 0.5) is 5.69 Å². The second-order valence-corrected chi connectivity index (χ2v) is 5.18. The Hall–Kier alpha value is -0.730. The average Bonchev–Trinajstić information content (AvgIpc) is 2.42. The van der Waals surface area contributed by atoms with Gasteiger partial charge < -0.3 is 10.2 Å². The molecule has 2 rings (SSSR count). The van der Waals surface area contributed by atoms with Gasteiger partial charge in [-0.15, -0.1) is 0 Å². The van der Waals surface area contributed by atoms with Crippen molar-refractivity contribution in [2.75, 3.05) is 24.5 Å². The van der Waals surface area contributed by atoms with Crippen LogP contribution >= 0.6 is 11.6 Å². The van der Waals surface area contributed by atoms with Gasteiger partial charge in [0.25, 0.3) is 0 Å². The van der Waals surface area contributed by atoms with Gasteiger partial charge in [0.05, 0.1) is 0 Å². The largest absolute Gasteiger partial charge is 0.367 e. The fraction of sp³-hybridized carbons (Fsp3) is 0.538. The van der Waals surface area contributed by atoms with Gasteiger partial charge in [-0.2, -0.15) is 0 Å². The van der Waals surface area contributed by atoms with Crippen molar-refractivity contribution in [3.63, 3.8) is 0 Å². The highest BCUT2D eigenvalue weighted by Crippen LogP contribution is 2.22. The monoisotopic (exact) mass is 238 g/mol. The number of hydrogen-bond donors (Lipinski definition) is 1. The molecule has 3 heteroatoms. The Morgan fingerprint density at radius 3 is 2.56 bits per heavy atom. The smallest absolute Gasteiger partial charge is 0.0407 e. The minimum absolute atomic E-state index is 0.533. The van der Waals surface area contributed by atoms with E-state index in [1.54, 1.807) is 0 Å². The molecule has 1 aromatic carbocycles. The first-order valence-corrected chi connectivity index (χ1v) is 6.27. The molecule has 0 aromatic heterocycles. The summed E-state index contributed by atoms with van der Waals surface area (Å²) in [5.41, 5.74) is 1.27. The molecule has 0 bridgehead atoms. The number of nitrogens with one attached hydrogen (secondary N) is 1. The Bertz CT molecular complexity index is 336. The lowest BCUT2D eigenvalue weighted by molar-refractivity contribution is 0.564. The van der Waals surface area contributed by atoms with Crippen LogP contribution in [0.15, 0.2) is 24.3 Å². The van der Waals surface area contributed by atoms with E-state index >= 15 is 0 Å². The van der Waals surface area contributed by atoms with E-state index in [4.69, 9.17) is 11.6 Å². The van der Waals surface area contributed by atoms with Crippen molar-refractivity contribution < 1.29 is 0 Å². The summed E-state index contributed by atoms with van der Waals surface area (Å²) in [4.78, 5) is 2.46. The molecule has 2 atom stereocenters. The molecule has 0 radical (unpaired) electrons. The minimum atomic E-state index is 0.533. The summed E-state index contributed by atoms with van der Waals surface area (Å²) in [6.07, 6.45) is 0. The Labute approximate surface area is 103 Å². The van der Waals surface area contributed by atoms with Gasteiger partial charge in [0.2, 0.25) is 0 Å². The fourth-order valence-corrected chi connectivity index (χ4v) is 2.35. The molecule has 2 unspecified atom stereocenters. The zero-order valence-electron chi connectivity index (χ0n) is 9.91. The molecule has 0 amide bonds. The summed E-state index contributed by atoms with van der Waals surface area (Å²) in [7, 11) is 0. The SMILES string of the molecule is CC1CNCC(C)N(c2ccc(Cl)cc2)C1. The number of hydrogen-bond acceptors (Lipinski definition) is 2. The van der Waals surface area contributed by atoms with Crippen molar-refractivity contribution in [3.8, 4) is 0 Å². The molecule has 1 fully saturated rings. The third-order valence-corrected chi connectivity index (χ3v) is 3.38. The second-order valence-electron chi connectivity index (χ2n) is 4.74. The third kappa shape index (κ3) is 2.69. The molecule has 1 saturated heterocycles. The molecule has 1 aliphatic rings. The summed E-state index contributed by atoms with van der Waals surface area (Å²) in [6.45, 7) is 7.81. The molecular weight excluding hydrogens is 220 g/mol. The Morgan fingerprint density at radius 1 is 1.19 bits per heavy atom. The van der Waals surface area contributed by atoms with Crippen molar-refractivity contribution in [2.24, 2.45) is 5.92 Å². The lowest BCUT2D eigenvalue weighted by Crippen LogP contribution is -2.37. The Balaban J connectivity index is 2.19. The van der Waals surface area contributed by atoms with E-state index in [0.29, 0.717) is 12.0 Å². The zero-order valence-corrected chi connectivity index (χ0v) is 10.7. The Kier molecular flexibility index (Phi) is 3.72. The summed E-state index contributed by atoms with van der Waals surface area (Å²) in [5, 5.41) is 4.29. The van der Waals surface area contributed by atoms with Crippen molar-refractivity contribution in [3.05, 3.63) is 29.3 Å². The van der Waals surface area contributed by atoms with E-state index in [1.807, 2.05) is 12.1 Å². The van der Waals surface area contributed by atoms with E-state index in [0.717, 1.165) is 24.7 Å². The minimum Gasteiger partial charge on any atom is -0.367 e. The average molecular weight is 239 g/mol. The van der Waals surface area contributed by atoms with Crippen molar-refractivity contribution in [2.45, 2.75) is 19.9 Å². The first-order valence-electron chi connectivity index (χ1n) is 5.89. The van der Waals surface area contributed by atoms with Gasteiger partial charge in [-0.05, 0) is 43.7 Å². The van der Waals surface area contributed by atoms with Gasteiger partial charge in [0, 0.05) is 29.8 Å². The van der Waals surface area contributed by atoms with Gasteiger partial charge >= 0.3 is 0 Å². The molecule has 1 aliphatic heterocycles. The van der Waals surface area contributed by atoms with Crippen LogP contribution in [0.3, 0.4) is 0 Å². The topological polar surface area (TPSA) is 15.3 Å². The maximum Gasteiger partial charge on any atom is 0.0407 e. The molecule has 1 heterocycles. The van der Waals surface area contributed by atoms with Gasteiger partial charge in [0.1, 0.15) is 0 Å². The molecule has 1 aromatic rings. The Morgan fingerprint density at radius 2 is 1.88 bits per heavy atom. The fourth-order valence-electron chi connectivity index (χ4n) is 2.22. The van der Waals surface area contributed by atoms with Crippen molar-refractivity contribution >= 4 is 17.3 Å². The molecule has 0 saturated carbocycles. The molecule has 0 aliphatic carbocycles. The number of halogens is 1. The van der Waals surface area contributed by atoms with E-state index in [-0.39, 0.29) is 0 Å². The molecule has 1 N–H and O–H groups in total. The van der Waals surface area contributed by atoms with Crippen LogP contribution in [0.5, 0.6) is 0 Å². The van der Waals surface area contributed by atoms with E-state index in [9.17, 15) is 0 Å². The van der Waals surface area contributed by atoms with Crippen molar-refractivity contribution in [1.29, 1.82) is 0 Å². The predicted octanol–water partition coefficient (Wildman–Crippen LogP) is 2.77. The zero-order chi connectivity index (χ0) is 11.5. The summed E-state index contributed by atoms with van der Waals surface area (Å²) >= 11 is 5.92. The van der Waals surface area contributed by atoms with Crippen LogP contribution in [0.1, 0.15) is 13.8 Å². The van der Waals surface area contributed by atoms with E-state index in [1.165, 1.54) is 5.69 Å². The first kappa shape index (κ1) is 11.7. The van der Waals surface area contributed by atoms with Gasteiger partial charge in [0.15, 0.2) is 0 Å². The van der Waals surface area contributed by atoms with Gasteiger partial charge in [-0.1, -0.05) is 18.5 Å². The molecule has 88 valence electrons. The molecule has 0 spiro atoms. The standard InChI is InChI=1S/C13H19ClN2/c1-10-7-15-8-11(2)16(9-10)13-5-3-12(14)4-6-13/h3-6,10-11,15H,7-9H2,1-2H3. The summed E-state index contributed by atoms with van der Waals surface area (Å²) < 4.78 is 0. The quantitative estimate of drug-likeness (QED) is 0.810. The van der Waals surface area contributed by atoms with Crippen LogP contribution in [0.2, 0.25) is 5.02 Å². The van der Waals surface area contributed by atoms with Crippen LogP contribution in [0.25, 0.3) is 0 Å². The number of rotatable bonds is 1. The van der Waals surface area contributed by atoms with Crippen molar-refractivity contribution in [1.82, 2.24) is 5.32 Å². The van der Waals surface area contributed by atoms with E-state index < -0.39 is 0 Å². The number of benzene rings is 1. The lowest BCUT2D eigenvalue weighted by Gasteiger charge is -2.30. The van der Waals surface area contributed by atoms with Gasteiger partial charge in [-0.25, -0.2) is 0 Å². The second kappa shape index (κ2) is 5.07. The summed E-state index contributed by atoms with van der Waals surface area (Å²) in [6, 6.07) is 8.68. The van der Waals surface area contributed by atoms with E-state index in [2.05, 4.69) is 36.2 Å². The molecular formula is C13H19ClN2. The molecule has 2 nitrogen and oxygen atoms in total. The third-order valence-electron chi connectivity index (χ3n) is 3.13. The normalized spacial score (nSPS) is 26.6. The van der Waals surface area contributed by atoms with Crippen LogP contribution in [-0.4, -0.2) is 25.7 Å². The van der Waals surface area contributed by atoms with Crippen LogP contribution < -0.4 is 10.2 Å². The first-order chi connectivity index (χ1) is 7.66.